The van der Waals surface area contributed by atoms with Gasteiger partial charge in [0.1, 0.15) is 23.2 Å². The Hall–Kier alpha value is -2.50. The fraction of sp³-hybridized carbons (Fsp3) is 0.0714. The molecule has 2 aromatic carbocycles. The minimum absolute atomic E-state index is 0.153. The molecule has 6 heteroatoms. The summed E-state index contributed by atoms with van der Waals surface area (Å²) in [4.78, 5) is 11.5. The molecule has 0 atom stereocenters. The van der Waals surface area contributed by atoms with Crippen LogP contribution in [0.2, 0.25) is 0 Å². The Kier molecular flexibility index (Phi) is 4.24. The van der Waals surface area contributed by atoms with Gasteiger partial charge in [-0.3, -0.25) is 4.79 Å². The normalized spacial score (nSPS) is 10.2. The second-order valence-corrected chi connectivity index (χ2v) is 3.92. The zero-order chi connectivity index (χ0) is 14.5. The molecule has 0 saturated carbocycles. The molecule has 3 nitrogen and oxygen atoms in total. The smallest absolute Gasteiger partial charge is 0.262 e. The van der Waals surface area contributed by atoms with Crippen molar-refractivity contribution < 1.29 is 22.7 Å². The zero-order valence-corrected chi connectivity index (χ0v) is 10.2. The molecule has 2 rings (SSSR count). The lowest BCUT2D eigenvalue weighted by molar-refractivity contribution is -0.118. The third kappa shape index (κ3) is 3.74. The van der Waals surface area contributed by atoms with Crippen LogP contribution in [0.15, 0.2) is 42.5 Å². The monoisotopic (exact) mass is 281 g/mol. The first-order valence-electron chi connectivity index (χ1n) is 5.68. The van der Waals surface area contributed by atoms with E-state index in [2.05, 4.69) is 5.32 Å². The summed E-state index contributed by atoms with van der Waals surface area (Å²) in [5.41, 5.74) is -0.153. The van der Waals surface area contributed by atoms with Gasteiger partial charge in [-0.25, -0.2) is 13.2 Å². The molecule has 104 valence electrons. The van der Waals surface area contributed by atoms with Crippen LogP contribution in [0, 0.1) is 17.5 Å². The summed E-state index contributed by atoms with van der Waals surface area (Å²) in [6, 6.07) is 8.05. The van der Waals surface area contributed by atoms with Crippen LogP contribution >= 0.6 is 0 Å². The van der Waals surface area contributed by atoms with Crippen molar-refractivity contribution >= 4 is 11.6 Å². The number of rotatable bonds is 4. The summed E-state index contributed by atoms with van der Waals surface area (Å²) in [5, 5.41) is 2.22. The minimum Gasteiger partial charge on any atom is -0.484 e. The van der Waals surface area contributed by atoms with Crippen LogP contribution in [0.5, 0.6) is 5.75 Å². The zero-order valence-electron chi connectivity index (χ0n) is 10.2. The fourth-order valence-corrected chi connectivity index (χ4v) is 1.48. The van der Waals surface area contributed by atoms with Crippen molar-refractivity contribution in [2.75, 3.05) is 11.9 Å². The van der Waals surface area contributed by atoms with E-state index in [1.807, 2.05) is 0 Å². The Balaban J connectivity index is 1.92. The van der Waals surface area contributed by atoms with Gasteiger partial charge in [-0.2, -0.15) is 0 Å². The lowest BCUT2D eigenvalue weighted by atomic mass is 10.3. The van der Waals surface area contributed by atoms with Gasteiger partial charge in [0, 0.05) is 12.1 Å². The second kappa shape index (κ2) is 6.10. The number of amides is 1. The summed E-state index contributed by atoms with van der Waals surface area (Å²) >= 11 is 0. The van der Waals surface area contributed by atoms with Gasteiger partial charge in [-0.1, -0.05) is 6.07 Å². The number of anilines is 1. The number of nitrogens with one attached hydrogen (secondary N) is 1. The number of carbonyl (C=O) groups is 1. The van der Waals surface area contributed by atoms with E-state index in [9.17, 15) is 18.0 Å². The molecule has 0 aliphatic heterocycles. The molecule has 1 N–H and O–H groups in total. The third-order valence-corrected chi connectivity index (χ3v) is 2.37. The number of benzene rings is 2. The maximum Gasteiger partial charge on any atom is 0.262 e. The van der Waals surface area contributed by atoms with Gasteiger partial charge in [-0.15, -0.1) is 0 Å². The molecule has 0 spiro atoms. The predicted octanol–water partition coefficient (Wildman–Crippen LogP) is 3.12. The Bertz CT molecular complexity index is 632. The van der Waals surface area contributed by atoms with Gasteiger partial charge in [0.2, 0.25) is 0 Å². The molecule has 0 heterocycles. The van der Waals surface area contributed by atoms with Crippen LogP contribution < -0.4 is 10.1 Å². The van der Waals surface area contributed by atoms with E-state index in [1.54, 1.807) is 0 Å². The Labute approximate surface area is 113 Å². The van der Waals surface area contributed by atoms with Gasteiger partial charge in [0.25, 0.3) is 5.91 Å². The predicted molar refractivity (Wildman–Crippen MR) is 66.9 cm³/mol. The lowest BCUT2D eigenvalue weighted by Gasteiger charge is -2.08. The first-order valence-corrected chi connectivity index (χ1v) is 5.68. The minimum atomic E-state index is -0.885. The Morgan fingerprint density at radius 1 is 1.05 bits per heavy atom. The largest absolute Gasteiger partial charge is 0.484 e. The molecule has 0 aromatic heterocycles. The van der Waals surface area contributed by atoms with Crippen molar-refractivity contribution in [2.45, 2.75) is 0 Å². The van der Waals surface area contributed by atoms with Crippen molar-refractivity contribution in [2.24, 2.45) is 0 Å². The average Bonchev–Trinajstić information content (AvgIpc) is 2.40. The molecule has 0 fully saturated rings. The summed E-state index contributed by atoms with van der Waals surface area (Å²) < 4.78 is 43.9. The quantitative estimate of drug-likeness (QED) is 0.935. The highest BCUT2D eigenvalue weighted by Crippen LogP contribution is 2.15. The molecular formula is C14H10F3NO2. The van der Waals surface area contributed by atoms with Crippen LogP contribution in [0.1, 0.15) is 0 Å². The highest BCUT2D eigenvalue weighted by Gasteiger charge is 2.08. The van der Waals surface area contributed by atoms with Crippen LogP contribution in [0.4, 0.5) is 18.9 Å². The van der Waals surface area contributed by atoms with E-state index in [1.165, 1.54) is 18.2 Å². The molecule has 2 aromatic rings. The van der Waals surface area contributed by atoms with E-state index < -0.39 is 30.0 Å². The summed E-state index contributed by atoms with van der Waals surface area (Å²) in [5.74, 6) is -2.58. The van der Waals surface area contributed by atoms with Crippen LogP contribution in [-0.4, -0.2) is 12.5 Å². The van der Waals surface area contributed by atoms with E-state index in [-0.39, 0.29) is 11.4 Å². The van der Waals surface area contributed by atoms with Crippen molar-refractivity contribution in [1.82, 2.24) is 0 Å². The van der Waals surface area contributed by atoms with E-state index in [0.29, 0.717) is 6.07 Å². The highest BCUT2D eigenvalue weighted by molar-refractivity contribution is 5.91. The third-order valence-electron chi connectivity index (χ3n) is 2.37. The van der Waals surface area contributed by atoms with Crippen molar-refractivity contribution in [3.63, 3.8) is 0 Å². The second-order valence-electron chi connectivity index (χ2n) is 3.92. The molecule has 0 saturated heterocycles. The fourth-order valence-electron chi connectivity index (χ4n) is 1.48. The number of ether oxygens (including phenoxy) is 1. The first-order chi connectivity index (χ1) is 9.54. The van der Waals surface area contributed by atoms with Crippen LogP contribution in [0.25, 0.3) is 0 Å². The lowest BCUT2D eigenvalue weighted by Crippen LogP contribution is -2.20. The van der Waals surface area contributed by atoms with Gasteiger partial charge in [-0.05, 0) is 24.3 Å². The SMILES string of the molecule is O=C(COc1cccc(F)c1)Nc1ccc(F)cc1F. The molecule has 20 heavy (non-hydrogen) atoms. The van der Waals surface area contributed by atoms with Gasteiger partial charge in [0.05, 0.1) is 5.69 Å². The molecule has 0 aliphatic carbocycles. The molecular weight excluding hydrogens is 271 g/mol. The average molecular weight is 281 g/mol. The number of hydrogen-bond acceptors (Lipinski definition) is 2. The molecule has 0 radical (unpaired) electrons. The van der Waals surface area contributed by atoms with Crippen molar-refractivity contribution in [1.29, 1.82) is 0 Å². The summed E-state index contributed by atoms with van der Waals surface area (Å²) in [6.07, 6.45) is 0. The van der Waals surface area contributed by atoms with E-state index >= 15 is 0 Å². The number of hydrogen-bond donors (Lipinski definition) is 1. The highest BCUT2D eigenvalue weighted by atomic mass is 19.1. The molecule has 1 amide bonds. The standard InChI is InChI=1S/C14H10F3NO2/c15-9-2-1-3-11(6-9)20-8-14(19)18-13-5-4-10(16)7-12(13)17/h1-7H,8H2,(H,18,19). The van der Waals surface area contributed by atoms with Crippen molar-refractivity contribution in [3.05, 3.63) is 59.9 Å². The van der Waals surface area contributed by atoms with Gasteiger partial charge < -0.3 is 10.1 Å². The number of carbonyl (C=O) groups excluding carboxylic acids is 1. The van der Waals surface area contributed by atoms with Crippen LogP contribution in [0.3, 0.4) is 0 Å². The molecule has 0 bridgehead atoms. The maximum atomic E-state index is 13.3. The maximum absolute atomic E-state index is 13.3. The molecule has 0 unspecified atom stereocenters. The van der Waals surface area contributed by atoms with Crippen LogP contribution in [-0.2, 0) is 4.79 Å². The first kappa shape index (κ1) is 13.9. The topological polar surface area (TPSA) is 38.3 Å². The van der Waals surface area contributed by atoms with Crippen molar-refractivity contribution in [3.8, 4) is 5.75 Å². The van der Waals surface area contributed by atoms with E-state index in [0.717, 1.165) is 18.2 Å². The van der Waals surface area contributed by atoms with Gasteiger partial charge >= 0.3 is 0 Å². The Morgan fingerprint density at radius 3 is 2.50 bits per heavy atom. The van der Waals surface area contributed by atoms with E-state index in [4.69, 9.17) is 4.74 Å². The Morgan fingerprint density at radius 2 is 1.80 bits per heavy atom. The molecule has 0 aliphatic rings. The summed E-state index contributed by atoms with van der Waals surface area (Å²) in [6.45, 7) is -0.416. The number of halogens is 3. The van der Waals surface area contributed by atoms with Gasteiger partial charge in [0.15, 0.2) is 6.61 Å². The summed E-state index contributed by atoms with van der Waals surface area (Å²) in [7, 11) is 0.